The molecule has 1 N–H and O–H groups in total. The summed E-state index contributed by atoms with van der Waals surface area (Å²) in [5.41, 5.74) is 0.216. The number of imide groups is 1. The van der Waals surface area contributed by atoms with E-state index in [0.717, 1.165) is 0 Å². The Morgan fingerprint density at radius 2 is 1.86 bits per heavy atom. The number of amides is 2. The second-order valence-electron chi connectivity index (χ2n) is 4.20. The van der Waals surface area contributed by atoms with Gasteiger partial charge in [-0.15, -0.1) is 0 Å². The fourth-order valence-corrected chi connectivity index (χ4v) is 1.70. The maximum absolute atomic E-state index is 11.8. The van der Waals surface area contributed by atoms with Crippen LogP contribution in [0.1, 0.15) is 17.3 Å². The molecule has 1 aliphatic heterocycles. The summed E-state index contributed by atoms with van der Waals surface area (Å²) in [5.74, 6) is -0.500. The van der Waals surface area contributed by atoms with E-state index in [1.54, 1.807) is 13.0 Å². The van der Waals surface area contributed by atoms with Gasteiger partial charge in [0, 0.05) is 0 Å². The van der Waals surface area contributed by atoms with Crippen molar-refractivity contribution in [2.75, 3.05) is 26.4 Å². The number of alkyl carbamates (subject to hydrolysis) is 1. The zero-order valence-corrected chi connectivity index (χ0v) is 11.9. The highest BCUT2D eigenvalue weighted by Gasteiger charge is 2.17. The van der Waals surface area contributed by atoms with Crippen molar-refractivity contribution >= 4 is 18.0 Å². The van der Waals surface area contributed by atoms with E-state index < -0.39 is 24.6 Å². The number of nitrogens with one attached hydrogen (secondary N) is 1. The molecule has 0 aliphatic carbocycles. The molecule has 1 aromatic rings. The van der Waals surface area contributed by atoms with Crippen LogP contribution in [0.25, 0.3) is 0 Å². The lowest BCUT2D eigenvalue weighted by Crippen LogP contribution is -2.34. The van der Waals surface area contributed by atoms with E-state index in [1.807, 2.05) is 5.32 Å². The van der Waals surface area contributed by atoms with E-state index in [4.69, 9.17) is 14.2 Å². The van der Waals surface area contributed by atoms with Gasteiger partial charge < -0.3 is 18.9 Å². The van der Waals surface area contributed by atoms with E-state index >= 15 is 0 Å². The van der Waals surface area contributed by atoms with Crippen LogP contribution in [0, 0.1) is 0 Å². The molecule has 2 rings (SSSR count). The molecule has 0 radical (unpaired) electrons. The Hall–Kier alpha value is -2.77. The van der Waals surface area contributed by atoms with Crippen LogP contribution < -0.4 is 14.8 Å². The van der Waals surface area contributed by atoms with Crippen molar-refractivity contribution in [1.29, 1.82) is 0 Å². The first-order valence-corrected chi connectivity index (χ1v) is 6.63. The summed E-state index contributed by atoms with van der Waals surface area (Å²) in [6.45, 7) is 1.99. The van der Waals surface area contributed by atoms with Crippen molar-refractivity contribution in [3.63, 3.8) is 0 Å². The van der Waals surface area contributed by atoms with Crippen molar-refractivity contribution in [2.24, 2.45) is 0 Å². The smallest absolute Gasteiger partial charge is 0.413 e. The highest BCUT2D eigenvalue weighted by atomic mass is 16.6. The van der Waals surface area contributed by atoms with Gasteiger partial charge in [0.15, 0.2) is 18.1 Å². The highest BCUT2D eigenvalue weighted by Crippen LogP contribution is 2.30. The summed E-state index contributed by atoms with van der Waals surface area (Å²) in [7, 11) is 0. The van der Waals surface area contributed by atoms with E-state index in [2.05, 4.69) is 4.74 Å². The van der Waals surface area contributed by atoms with Crippen molar-refractivity contribution in [2.45, 2.75) is 6.92 Å². The summed E-state index contributed by atoms with van der Waals surface area (Å²) in [6, 6.07) is 4.56. The Balaban J connectivity index is 1.87. The van der Waals surface area contributed by atoms with Crippen LogP contribution >= 0.6 is 0 Å². The summed E-state index contributed by atoms with van der Waals surface area (Å²) in [5, 5.41) is 1.92. The van der Waals surface area contributed by atoms with Crippen LogP contribution in [0.15, 0.2) is 18.2 Å². The van der Waals surface area contributed by atoms with Crippen molar-refractivity contribution in [3.05, 3.63) is 23.8 Å². The Kier molecular flexibility index (Phi) is 5.18. The minimum absolute atomic E-state index is 0.135. The van der Waals surface area contributed by atoms with Crippen LogP contribution in [0.4, 0.5) is 4.79 Å². The normalized spacial score (nSPS) is 12.2. The van der Waals surface area contributed by atoms with Gasteiger partial charge in [-0.25, -0.2) is 9.59 Å². The first-order chi connectivity index (χ1) is 10.6. The van der Waals surface area contributed by atoms with E-state index in [0.29, 0.717) is 24.7 Å². The molecular formula is C14H15NO7. The molecule has 0 spiro atoms. The van der Waals surface area contributed by atoms with Gasteiger partial charge in [0.05, 0.1) is 12.2 Å². The molecule has 0 fully saturated rings. The van der Waals surface area contributed by atoms with Crippen molar-refractivity contribution in [1.82, 2.24) is 5.32 Å². The first kappa shape index (κ1) is 15.6. The average Bonchev–Trinajstić information content (AvgIpc) is 2.52. The molecule has 8 nitrogen and oxygen atoms in total. The molecule has 0 bridgehead atoms. The topological polar surface area (TPSA) is 100 Å². The predicted octanol–water partition coefficient (Wildman–Crippen LogP) is 0.887. The lowest BCUT2D eigenvalue weighted by molar-refractivity contribution is -0.123. The highest BCUT2D eigenvalue weighted by molar-refractivity contribution is 5.95. The lowest BCUT2D eigenvalue weighted by Gasteiger charge is -2.18. The zero-order valence-electron chi connectivity index (χ0n) is 11.9. The van der Waals surface area contributed by atoms with Gasteiger partial charge in [-0.05, 0) is 25.1 Å². The fourth-order valence-electron chi connectivity index (χ4n) is 1.70. The predicted molar refractivity (Wildman–Crippen MR) is 72.9 cm³/mol. The Morgan fingerprint density at radius 1 is 1.14 bits per heavy atom. The van der Waals surface area contributed by atoms with Gasteiger partial charge in [0.1, 0.15) is 13.2 Å². The minimum atomic E-state index is -0.886. The molecule has 118 valence electrons. The van der Waals surface area contributed by atoms with Crippen LogP contribution in [0.2, 0.25) is 0 Å². The van der Waals surface area contributed by atoms with Gasteiger partial charge >= 0.3 is 12.1 Å². The molecular weight excluding hydrogens is 294 g/mol. The largest absolute Gasteiger partial charge is 0.486 e. The van der Waals surface area contributed by atoms with Crippen molar-refractivity contribution < 1.29 is 33.3 Å². The van der Waals surface area contributed by atoms with Gasteiger partial charge in [-0.2, -0.15) is 0 Å². The third-order valence-electron chi connectivity index (χ3n) is 2.63. The molecule has 1 heterocycles. The molecule has 1 aromatic carbocycles. The standard InChI is InChI=1S/C14H15NO7/c1-2-19-14(18)15-12(16)8-22-13(17)9-3-4-10-11(7-9)21-6-5-20-10/h3-4,7H,2,5-6,8H2,1H3,(H,15,16,18). The Bertz CT molecular complexity index is 585. The Labute approximate surface area is 126 Å². The maximum atomic E-state index is 11.8. The SMILES string of the molecule is CCOC(=O)NC(=O)COC(=O)c1ccc2c(c1)OCCO2. The molecule has 1 aliphatic rings. The number of ether oxygens (including phenoxy) is 4. The van der Waals surface area contributed by atoms with E-state index in [-0.39, 0.29) is 12.2 Å². The van der Waals surface area contributed by atoms with Gasteiger partial charge in [0.25, 0.3) is 5.91 Å². The molecule has 2 amide bonds. The zero-order chi connectivity index (χ0) is 15.9. The van der Waals surface area contributed by atoms with Crippen LogP contribution in [-0.4, -0.2) is 44.4 Å². The molecule has 0 atom stereocenters. The lowest BCUT2D eigenvalue weighted by atomic mass is 10.2. The van der Waals surface area contributed by atoms with Gasteiger partial charge in [-0.3, -0.25) is 10.1 Å². The number of hydrogen-bond donors (Lipinski definition) is 1. The second kappa shape index (κ2) is 7.30. The fraction of sp³-hybridized carbons (Fsp3) is 0.357. The summed E-state index contributed by atoms with van der Waals surface area (Å²) >= 11 is 0. The quantitative estimate of drug-likeness (QED) is 0.824. The molecule has 0 saturated heterocycles. The van der Waals surface area contributed by atoms with Gasteiger partial charge in [0.2, 0.25) is 0 Å². The molecule has 22 heavy (non-hydrogen) atoms. The average molecular weight is 309 g/mol. The summed E-state index contributed by atoms with van der Waals surface area (Å²) in [6.07, 6.45) is -0.886. The number of carbonyl (C=O) groups excluding carboxylic acids is 3. The number of esters is 1. The first-order valence-electron chi connectivity index (χ1n) is 6.63. The minimum Gasteiger partial charge on any atom is -0.486 e. The molecule has 8 heteroatoms. The Morgan fingerprint density at radius 3 is 2.59 bits per heavy atom. The number of rotatable bonds is 4. The van der Waals surface area contributed by atoms with Gasteiger partial charge in [-0.1, -0.05) is 0 Å². The van der Waals surface area contributed by atoms with E-state index in [1.165, 1.54) is 12.1 Å². The van der Waals surface area contributed by atoms with Crippen LogP contribution in [0.3, 0.4) is 0 Å². The third-order valence-corrected chi connectivity index (χ3v) is 2.63. The summed E-state index contributed by atoms with van der Waals surface area (Å²) in [4.78, 5) is 34.2. The third kappa shape index (κ3) is 4.11. The number of benzene rings is 1. The second-order valence-corrected chi connectivity index (χ2v) is 4.20. The van der Waals surface area contributed by atoms with Crippen LogP contribution in [-0.2, 0) is 14.3 Å². The number of carbonyl (C=O) groups is 3. The van der Waals surface area contributed by atoms with E-state index in [9.17, 15) is 14.4 Å². The number of fused-ring (bicyclic) bond motifs is 1. The van der Waals surface area contributed by atoms with Crippen molar-refractivity contribution in [3.8, 4) is 11.5 Å². The molecule has 0 aromatic heterocycles. The molecule has 0 saturated carbocycles. The van der Waals surface area contributed by atoms with Crippen LogP contribution in [0.5, 0.6) is 11.5 Å². The monoisotopic (exact) mass is 309 g/mol. The molecule has 0 unspecified atom stereocenters. The number of hydrogen-bond acceptors (Lipinski definition) is 7. The maximum Gasteiger partial charge on any atom is 0.413 e. The summed E-state index contributed by atoms with van der Waals surface area (Å²) < 4.78 is 20.0.